The molecule has 2 N–H and O–H groups in total. The fourth-order valence-electron chi connectivity index (χ4n) is 0.0816. The zero-order valence-corrected chi connectivity index (χ0v) is 7.90. The molecular formula is C2H5F2NaO4S. The molecular weight excluding hydrogens is 181 g/mol. The molecule has 0 aromatic rings. The predicted molar refractivity (Wildman–Crippen MR) is 24.7 cm³/mol. The van der Waals surface area contributed by atoms with Gasteiger partial charge in [-0.1, -0.05) is 0 Å². The Hall–Kier alpha value is 0.730. The van der Waals surface area contributed by atoms with Crippen LogP contribution in [0.3, 0.4) is 0 Å². The summed E-state index contributed by atoms with van der Waals surface area (Å²) < 4.78 is 49.8. The topological polar surface area (TPSA) is 74.6 Å². The Kier molecular flexibility index (Phi) is 5.24. The third-order valence-corrected chi connectivity index (χ3v) is 1.45. The maximum atomic E-state index is 11.6. The van der Waals surface area contributed by atoms with E-state index in [1.165, 1.54) is 0 Å². The maximum Gasteiger partial charge on any atom is 1.00 e. The van der Waals surface area contributed by atoms with Crippen LogP contribution in [-0.4, -0.2) is 29.9 Å². The molecule has 0 saturated carbocycles. The summed E-state index contributed by atoms with van der Waals surface area (Å²) in [6.07, 6.45) is 0. The first-order chi connectivity index (χ1) is 3.81. The van der Waals surface area contributed by atoms with Crippen molar-refractivity contribution >= 4 is 10.1 Å². The van der Waals surface area contributed by atoms with Gasteiger partial charge in [-0.25, -0.2) is 0 Å². The van der Waals surface area contributed by atoms with Crippen molar-refractivity contribution in [2.75, 3.05) is 6.61 Å². The first kappa shape index (κ1) is 13.3. The van der Waals surface area contributed by atoms with Crippen molar-refractivity contribution in [3.8, 4) is 0 Å². The molecule has 0 fully saturated rings. The van der Waals surface area contributed by atoms with Crippen molar-refractivity contribution in [1.29, 1.82) is 0 Å². The largest absolute Gasteiger partial charge is 1.00 e. The molecule has 0 aliphatic rings. The molecule has 0 radical (unpaired) electrons. The van der Waals surface area contributed by atoms with E-state index in [-0.39, 0.29) is 31.0 Å². The molecule has 58 valence electrons. The fourth-order valence-corrected chi connectivity index (χ4v) is 0.245. The van der Waals surface area contributed by atoms with Crippen LogP contribution in [0.2, 0.25) is 0 Å². The summed E-state index contributed by atoms with van der Waals surface area (Å²) in [7, 11) is -5.44. The van der Waals surface area contributed by atoms with Gasteiger partial charge in [-0.05, 0) is 0 Å². The molecule has 0 aliphatic heterocycles. The van der Waals surface area contributed by atoms with Crippen molar-refractivity contribution in [3.05, 3.63) is 0 Å². The summed E-state index contributed by atoms with van der Waals surface area (Å²) in [5.74, 6) is 0. The van der Waals surface area contributed by atoms with Crippen LogP contribution in [0.15, 0.2) is 0 Å². The molecule has 0 spiro atoms. The number of halogens is 2. The van der Waals surface area contributed by atoms with Crippen LogP contribution in [0.5, 0.6) is 0 Å². The third kappa shape index (κ3) is 3.22. The Morgan fingerprint density at radius 1 is 1.50 bits per heavy atom. The molecule has 10 heavy (non-hydrogen) atoms. The van der Waals surface area contributed by atoms with Gasteiger partial charge in [-0.2, -0.15) is 17.2 Å². The van der Waals surface area contributed by atoms with E-state index in [0.717, 1.165) is 0 Å². The Morgan fingerprint density at radius 2 is 1.80 bits per heavy atom. The van der Waals surface area contributed by atoms with Gasteiger partial charge in [-0.15, -0.1) is 0 Å². The van der Waals surface area contributed by atoms with Crippen molar-refractivity contribution in [2.24, 2.45) is 0 Å². The van der Waals surface area contributed by atoms with Crippen LogP contribution in [0.4, 0.5) is 8.78 Å². The maximum absolute atomic E-state index is 11.6. The minimum Gasteiger partial charge on any atom is -1.00 e. The van der Waals surface area contributed by atoms with Gasteiger partial charge in [-0.3, -0.25) is 4.55 Å². The Labute approximate surface area is 79.8 Å². The third-order valence-electron chi connectivity index (χ3n) is 0.561. The number of aliphatic hydroxyl groups is 1. The molecule has 0 rings (SSSR count). The van der Waals surface area contributed by atoms with Gasteiger partial charge in [0.15, 0.2) is 0 Å². The van der Waals surface area contributed by atoms with Crippen molar-refractivity contribution in [2.45, 2.75) is 5.25 Å². The molecule has 4 nitrogen and oxygen atoms in total. The minimum absolute atomic E-state index is 0. The van der Waals surface area contributed by atoms with Crippen LogP contribution in [0.1, 0.15) is 1.43 Å². The zero-order valence-electron chi connectivity index (χ0n) is 6.08. The second-order valence-corrected chi connectivity index (χ2v) is 2.82. The van der Waals surface area contributed by atoms with E-state index in [4.69, 9.17) is 9.66 Å². The quantitative estimate of drug-likeness (QED) is 0.348. The van der Waals surface area contributed by atoms with E-state index in [9.17, 15) is 17.2 Å². The standard InChI is InChI=1S/C2H4F2O4S.Na.H/c3-2(4,1-5)9(6,7)8;;/h5H,1H2,(H,6,7,8);;/q;+1;-1. The van der Waals surface area contributed by atoms with E-state index in [1.807, 2.05) is 0 Å². The SMILES string of the molecule is O=S(=O)(O)C(F)(F)CO.[H-].[Na+]. The number of alkyl halides is 2. The van der Waals surface area contributed by atoms with E-state index >= 15 is 0 Å². The summed E-state index contributed by atoms with van der Waals surface area (Å²) in [5.41, 5.74) is 0. The van der Waals surface area contributed by atoms with E-state index in [2.05, 4.69) is 0 Å². The van der Waals surface area contributed by atoms with E-state index in [0.29, 0.717) is 0 Å². The number of aliphatic hydroxyl groups excluding tert-OH is 1. The van der Waals surface area contributed by atoms with Gasteiger partial charge in [0, 0.05) is 0 Å². The second-order valence-electron chi connectivity index (χ2n) is 1.27. The summed E-state index contributed by atoms with van der Waals surface area (Å²) >= 11 is 0. The number of rotatable bonds is 2. The fraction of sp³-hybridized carbons (Fsp3) is 1.00. The zero-order chi connectivity index (χ0) is 7.71. The van der Waals surface area contributed by atoms with Gasteiger partial charge < -0.3 is 6.53 Å². The average molecular weight is 186 g/mol. The molecule has 0 aromatic carbocycles. The van der Waals surface area contributed by atoms with Gasteiger partial charge >= 0.3 is 44.9 Å². The monoisotopic (exact) mass is 186 g/mol. The van der Waals surface area contributed by atoms with Gasteiger partial charge in [0.2, 0.25) is 0 Å². The molecule has 0 aliphatic carbocycles. The van der Waals surface area contributed by atoms with E-state index in [1.54, 1.807) is 0 Å². The van der Waals surface area contributed by atoms with Crippen molar-refractivity contribution in [1.82, 2.24) is 0 Å². The second kappa shape index (κ2) is 3.93. The van der Waals surface area contributed by atoms with E-state index < -0.39 is 22.0 Å². The first-order valence-electron chi connectivity index (χ1n) is 1.77. The normalized spacial score (nSPS) is 12.4. The molecule has 0 heterocycles. The number of hydrogen-bond donors (Lipinski definition) is 2. The summed E-state index contributed by atoms with van der Waals surface area (Å²) in [4.78, 5) is 0. The van der Waals surface area contributed by atoms with Gasteiger partial charge in [0.25, 0.3) is 0 Å². The van der Waals surface area contributed by atoms with Crippen molar-refractivity contribution < 1.29 is 57.8 Å². The number of hydrogen-bond acceptors (Lipinski definition) is 3. The molecule has 0 unspecified atom stereocenters. The molecule has 0 saturated heterocycles. The summed E-state index contributed by atoms with van der Waals surface area (Å²) in [6, 6.07) is 0. The predicted octanol–water partition coefficient (Wildman–Crippen LogP) is -3.42. The first-order valence-corrected chi connectivity index (χ1v) is 3.21. The van der Waals surface area contributed by atoms with Crippen LogP contribution >= 0.6 is 0 Å². The van der Waals surface area contributed by atoms with Crippen LogP contribution in [0.25, 0.3) is 0 Å². The van der Waals surface area contributed by atoms with Crippen LogP contribution < -0.4 is 29.6 Å². The minimum atomic E-state index is -5.44. The Bertz CT molecular complexity index is 192. The van der Waals surface area contributed by atoms with Gasteiger partial charge in [0.1, 0.15) is 6.61 Å². The smallest absolute Gasteiger partial charge is 1.00 e. The summed E-state index contributed by atoms with van der Waals surface area (Å²) in [5, 5.41) is 3.20. The molecule has 0 bridgehead atoms. The van der Waals surface area contributed by atoms with Crippen molar-refractivity contribution in [3.63, 3.8) is 0 Å². The molecule has 0 aromatic heterocycles. The Balaban J connectivity index is -0.000000320. The van der Waals surface area contributed by atoms with Gasteiger partial charge in [0.05, 0.1) is 0 Å². The Morgan fingerprint density at radius 3 is 1.80 bits per heavy atom. The molecule has 0 atom stereocenters. The summed E-state index contributed by atoms with van der Waals surface area (Å²) in [6.45, 7) is -1.91. The molecule has 8 heteroatoms. The molecule has 0 amide bonds. The van der Waals surface area contributed by atoms with Crippen LogP contribution in [-0.2, 0) is 10.1 Å². The van der Waals surface area contributed by atoms with Crippen LogP contribution in [0, 0.1) is 0 Å². The average Bonchev–Trinajstić information content (AvgIpc) is 1.64.